The second kappa shape index (κ2) is 7.81. The summed E-state index contributed by atoms with van der Waals surface area (Å²) in [6.45, 7) is 0.986. The van der Waals surface area contributed by atoms with Gasteiger partial charge in [-0.25, -0.2) is 9.37 Å². The van der Waals surface area contributed by atoms with Crippen molar-refractivity contribution in [3.63, 3.8) is 0 Å². The van der Waals surface area contributed by atoms with Crippen molar-refractivity contribution in [3.8, 4) is 0 Å². The number of fused-ring (bicyclic) bond motifs is 1. The molecule has 0 aliphatic carbocycles. The molecule has 2 aliphatic heterocycles. The molecule has 1 aromatic carbocycles. The Balaban J connectivity index is 1.68. The molecule has 2 atom stereocenters. The Hall–Kier alpha value is -1.97. The minimum absolute atomic E-state index is 0.0205. The summed E-state index contributed by atoms with van der Waals surface area (Å²) in [7, 11) is 0. The first kappa shape index (κ1) is 19.4. The Labute approximate surface area is 174 Å². The third-order valence-corrected chi connectivity index (χ3v) is 6.44. The van der Waals surface area contributed by atoms with Crippen LogP contribution in [0.5, 0.6) is 0 Å². The summed E-state index contributed by atoms with van der Waals surface area (Å²) in [6, 6.07) is 7.89. The number of hydrogen-bond acceptors (Lipinski definition) is 6. The molecular weight excluding hydrogens is 447 g/mol. The van der Waals surface area contributed by atoms with E-state index in [9.17, 15) is 9.18 Å². The molecule has 2 unspecified atom stereocenters. The molecule has 2 aromatic rings. The van der Waals surface area contributed by atoms with Crippen molar-refractivity contribution in [3.05, 3.63) is 58.1 Å². The topological polar surface area (TPSA) is 89.6 Å². The third-order valence-electron chi connectivity index (χ3n) is 5.01. The summed E-state index contributed by atoms with van der Waals surface area (Å²) < 4.78 is 21.2. The number of aliphatic imine (C=N–C) groups is 1. The van der Waals surface area contributed by atoms with E-state index in [0.717, 1.165) is 4.47 Å². The number of pyridine rings is 1. The van der Waals surface area contributed by atoms with Crippen molar-refractivity contribution in [1.82, 2.24) is 4.98 Å². The van der Waals surface area contributed by atoms with Crippen LogP contribution in [-0.4, -0.2) is 35.0 Å². The summed E-state index contributed by atoms with van der Waals surface area (Å²) in [6.07, 6.45) is 2.09. The molecule has 9 heteroatoms. The molecule has 4 rings (SSSR count). The lowest BCUT2D eigenvalue weighted by atomic mass is 9.75. The Morgan fingerprint density at radius 3 is 3.04 bits per heavy atom. The molecule has 2 aliphatic rings. The molecule has 1 amide bonds. The number of nitrogens with one attached hydrogen (secondary N) is 1. The molecule has 3 N–H and O–H groups in total. The molecule has 0 saturated carbocycles. The maximum absolute atomic E-state index is 14.9. The molecule has 6 nitrogen and oxygen atoms in total. The van der Waals surface area contributed by atoms with Gasteiger partial charge in [-0.1, -0.05) is 11.8 Å². The summed E-state index contributed by atoms with van der Waals surface area (Å²) in [4.78, 5) is 21.2. The number of carbonyl (C=O) groups excluding carboxylic acids is 1. The maximum atomic E-state index is 14.9. The van der Waals surface area contributed by atoms with E-state index < -0.39 is 5.54 Å². The molecule has 146 valence electrons. The highest BCUT2D eigenvalue weighted by Gasteiger charge is 2.47. The van der Waals surface area contributed by atoms with Crippen molar-refractivity contribution >= 4 is 44.5 Å². The van der Waals surface area contributed by atoms with E-state index in [1.807, 2.05) is 0 Å². The first-order chi connectivity index (χ1) is 13.5. The standard InChI is InChI=1S/C19H18BrFN4O2S/c20-12-1-4-16(23-8-12)17(26)24-13-2-3-15(21)14(7-13)19-5-6-27-9-11(19)10-28-18(22)25-19/h1-4,7-8,11H,5-6,9-10H2,(H2,22,25)(H,24,26). The lowest BCUT2D eigenvalue weighted by molar-refractivity contribution is 0.00886. The molecular formula is C19H18BrFN4O2S. The SMILES string of the molecule is NC1=NC2(c3cc(NC(=O)c4ccc(Br)cn4)ccc3F)CCOCC2CS1. The molecule has 1 aromatic heterocycles. The second-order valence-corrected chi connectivity index (χ2v) is 8.67. The van der Waals surface area contributed by atoms with Crippen molar-refractivity contribution < 1.29 is 13.9 Å². The predicted octanol–water partition coefficient (Wildman–Crippen LogP) is 3.53. The highest BCUT2D eigenvalue weighted by Crippen LogP contribution is 2.46. The Kier molecular flexibility index (Phi) is 5.39. The zero-order valence-corrected chi connectivity index (χ0v) is 17.2. The van der Waals surface area contributed by atoms with Crippen LogP contribution in [0.3, 0.4) is 0 Å². The number of thioether (sulfide) groups is 1. The number of benzene rings is 1. The molecule has 28 heavy (non-hydrogen) atoms. The predicted molar refractivity (Wildman–Crippen MR) is 111 cm³/mol. The average molecular weight is 465 g/mol. The van der Waals surface area contributed by atoms with Crippen LogP contribution in [0.25, 0.3) is 0 Å². The maximum Gasteiger partial charge on any atom is 0.274 e. The molecule has 1 fully saturated rings. The molecule has 0 spiro atoms. The number of nitrogens with zero attached hydrogens (tertiary/aromatic N) is 2. The fraction of sp³-hybridized carbons (Fsp3) is 0.316. The van der Waals surface area contributed by atoms with Gasteiger partial charge in [-0.3, -0.25) is 9.79 Å². The van der Waals surface area contributed by atoms with Gasteiger partial charge in [0, 0.05) is 46.6 Å². The number of amidine groups is 1. The summed E-state index contributed by atoms with van der Waals surface area (Å²) >= 11 is 4.75. The molecule has 1 saturated heterocycles. The van der Waals surface area contributed by atoms with E-state index >= 15 is 0 Å². The highest BCUT2D eigenvalue weighted by molar-refractivity contribution is 9.10. The first-order valence-corrected chi connectivity index (χ1v) is 10.5. The van der Waals surface area contributed by atoms with Gasteiger partial charge in [0.1, 0.15) is 11.5 Å². The Bertz CT molecular complexity index is 940. The Morgan fingerprint density at radius 2 is 2.25 bits per heavy atom. The molecule has 0 bridgehead atoms. The van der Waals surface area contributed by atoms with Crippen molar-refractivity contribution in [1.29, 1.82) is 0 Å². The van der Waals surface area contributed by atoms with Gasteiger partial charge in [-0.2, -0.15) is 0 Å². The van der Waals surface area contributed by atoms with Crippen molar-refractivity contribution in [2.45, 2.75) is 12.0 Å². The van der Waals surface area contributed by atoms with E-state index in [2.05, 4.69) is 31.2 Å². The van der Waals surface area contributed by atoms with Gasteiger partial charge in [-0.15, -0.1) is 0 Å². The van der Waals surface area contributed by atoms with E-state index in [1.165, 1.54) is 23.9 Å². The van der Waals surface area contributed by atoms with E-state index in [1.54, 1.807) is 24.4 Å². The first-order valence-electron chi connectivity index (χ1n) is 8.77. The van der Waals surface area contributed by atoms with Crippen LogP contribution in [0.15, 0.2) is 46.0 Å². The normalized spacial score (nSPS) is 24.2. The van der Waals surface area contributed by atoms with E-state index in [-0.39, 0.29) is 23.3 Å². The van der Waals surface area contributed by atoms with E-state index in [4.69, 9.17) is 10.5 Å². The van der Waals surface area contributed by atoms with Crippen molar-refractivity contribution in [2.75, 3.05) is 24.3 Å². The monoisotopic (exact) mass is 464 g/mol. The van der Waals surface area contributed by atoms with Gasteiger partial charge in [-0.05, 0) is 46.3 Å². The van der Waals surface area contributed by atoms with Gasteiger partial charge in [0.2, 0.25) is 0 Å². The number of halogens is 2. The minimum atomic E-state index is -0.770. The fourth-order valence-electron chi connectivity index (χ4n) is 3.60. The van der Waals surface area contributed by atoms with Crippen LogP contribution in [0.1, 0.15) is 22.5 Å². The second-order valence-electron chi connectivity index (χ2n) is 6.72. The van der Waals surface area contributed by atoms with Crippen LogP contribution in [-0.2, 0) is 10.3 Å². The average Bonchev–Trinajstić information content (AvgIpc) is 2.69. The van der Waals surface area contributed by atoms with E-state index in [0.29, 0.717) is 41.8 Å². The number of nitrogens with two attached hydrogens (primary N) is 1. The van der Waals surface area contributed by atoms with Crippen molar-refractivity contribution in [2.24, 2.45) is 16.6 Å². The number of hydrogen-bond donors (Lipinski definition) is 2. The van der Waals surface area contributed by atoms with Crippen LogP contribution in [0.2, 0.25) is 0 Å². The van der Waals surface area contributed by atoms with Crippen LogP contribution in [0, 0.1) is 11.7 Å². The minimum Gasteiger partial charge on any atom is -0.381 e. The lowest BCUT2D eigenvalue weighted by Crippen LogP contribution is -2.47. The van der Waals surface area contributed by atoms with Crippen LogP contribution < -0.4 is 11.1 Å². The zero-order chi connectivity index (χ0) is 19.7. The largest absolute Gasteiger partial charge is 0.381 e. The number of anilines is 1. The number of ether oxygens (including phenoxy) is 1. The van der Waals surface area contributed by atoms with Gasteiger partial charge in [0.25, 0.3) is 5.91 Å². The summed E-state index contributed by atoms with van der Waals surface area (Å²) in [5.74, 6) is 0.00400. The summed E-state index contributed by atoms with van der Waals surface area (Å²) in [5.41, 5.74) is 6.41. The number of rotatable bonds is 3. The van der Waals surface area contributed by atoms with Gasteiger partial charge < -0.3 is 15.8 Å². The van der Waals surface area contributed by atoms with Gasteiger partial charge >= 0.3 is 0 Å². The smallest absolute Gasteiger partial charge is 0.274 e. The lowest BCUT2D eigenvalue weighted by Gasteiger charge is -2.44. The molecule has 3 heterocycles. The quantitative estimate of drug-likeness (QED) is 0.724. The Morgan fingerprint density at radius 1 is 1.39 bits per heavy atom. The molecule has 0 radical (unpaired) electrons. The number of carbonyl (C=O) groups is 1. The number of amides is 1. The van der Waals surface area contributed by atoms with Gasteiger partial charge in [0.05, 0.1) is 12.1 Å². The highest BCUT2D eigenvalue weighted by atomic mass is 79.9. The summed E-state index contributed by atoms with van der Waals surface area (Å²) in [5, 5.41) is 3.24. The van der Waals surface area contributed by atoms with Crippen LogP contribution in [0.4, 0.5) is 10.1 Å². The third kappa shape index (κ3) is 3.66. The number of aromatic nitrogens is 1. The van der Waals surface area contributed by atoms with Gasteiger partial charge in [0.15, 0.2) is 5.17 Å². The zero-order valence-electron chi connectivity index (χ0n) is 14.8. The fourth-order valence-corrected chi connectivity index (χ4v) is 4.80. The van der Waals surface area contributed by atoms with Crippen LogP contribution >= 0.6 is 27.7 Å².